The molecule has 1 amide bonds. The maximum absolute atomic E-state index is 14.7. The van der Waals surface area contributed by atoms with E-state index in [0.29, 0.717) is 0 Å². The van der Waals surface area contributed by atoms with Gasteiger partial charge in [-0.25, -0.2) is 18.6 Å². The standard InChI is InChI=1S/C18H21F2N3O5S/c1-17(2,3)28-16(24)21-15-22-18(9-27-7-14(20)12(18)8-29-15)11-6-10(23(25)26)4-5-13(11)19/h4-6,12,14H,7-9H2,1-3H3,(H,21,22,24)/t12-,14-,18?/m1/s1. The third kappa shape index (κ3) is 4.50. The van der Waals surface area contributed by atoms with Crippen molar-refractivity contribution in [2.75, 3.05) is 19.0 Å². The smallest absolute Gasteiger partial charge is 0.413 e. The number of rotatable bonds is 2. The Hall–Kier alpha value is -2.27. The minimum absolute atomic E-state index is 0.110. The Morgan fingerprint density at radius 1 is 1.48 bits per heavy atom. The highest BCUT2D eigenvalue weighted by atomic mass is 32.2. The zero-order valence-corrected chi connectivity index (χ0v) is 16.9. The van der Waals surface area contributed by atoms with Gasteiger partial charge in [0.05, 0.1) is 18.1 Å². The van der Waals surface area contributed by atoms with Crippen molar-refractivity contribution >= 4 is 28.7 Å². The number of alkyl carbamates (subject to hydrolysis) is 1. The van der Waals surface area contributed by atoms with E-state index in [9.17, 15) is 23.7 Å². The number of nitrogens with one attached hydrogen (secondary N) is 1. The number of hydrogen-bond acceptors (Lipinski definition) is 7. The first-order valence-corrected chi connectivity index (χ1v) is 9.89. The van der Waals surface area contributed by atoms with E-state index in [1.807, 2.05) is 0 Å². The van der Waals surface area contributed by atoms with Gasteiger partial charge >= 0.3 is 6.09 Å². The van der Waals surface area contributed by atoms with Gasteiger partial charge in [0, 0.05) is 29.4 Å². The molecule has 158 valence electrons. The monoisotopic (exact) mass is 429 g/mol. The molecular weight excluding hydrogens is 408 g/mol. The molecule has 1 fully saturated rings. The molecule has 1 aromatic rings. The van der Waals surface area contributed by atoms with E-state index in [0.717, 1.165) is 30.0 Å². The molecule has 0 aliphatic carbocycles. The second-order valence-electron chi connectivity index (χ2n) is 7.84. The molecule has 0 bridgehead atoms. The molecule has 0 saturated carbocycles. The van der Waals surface area contributed by atoms with E-state index in [4.69, 9.17) is 9.47 Å². The number of thioether (sulfide) groups is 1. The number of non-ortho nitro benzene ring substituents is 1. The van der Waals surface area contributed by atoms with Gasteiger partial charge in [0.1, 0.15) is 23.1 Å². The summed E-state index contributed by atoms with van der Waals surface area (Å²) in [7, 11) is 0. The number of benzene rings is 1. The molecule has 2 heterocycles. The Morgan fingerprint density at radius 3 is 2.86 bits per heavy atom. The van der Waals surface area contributed by atoms with Crippen molar-refractivity contribution in [3.8, 4) is 0 Å². The number of fused-ring (bicyclic) bond motifs is 1. The van der Waals surface area contributed by atoms with E-state index in [1.165, 1.54) is 0 Å². The van der Waals surface area contributed by atoms with Gasteiger partial charge in [0.25, 0.3) is 5.69 Å². The quantitative estimate of drug-likeness (QED) is 0.570. The summed E-state index contributed by atoms with van der Waals surface area (Å²) in [5, 5.41) is 13.8. The largest absolute Gasteiger partial charge is 0.444 e. The van der Waals surface area contributed by atoms with Crippen molar-refractivity contribution in [1.29, 1.82) is 0 Å². The number of alkyl halides is 1. The van der Waals surface area contributed by atoms with Crippen LogP contribution in [0.1, 0.15) is 26.3 Å². The molecule has 2 aliphatic rings. The summed E-state index contributed by atoms with van der Waals surface area (Å²) in [6.45, 7) is 4.74. The lowest BCUT2D eigenvalue weighted by molar-refractivity contribution is -0.385. The van der Waals surface area contributed by atoms with Gasteiger partial charge < -0.3 is 9.47 Å². The summed E-state index contributed by atoms with van der Waals surface area (Å²) in [6.07, 6.45) is -2.20. The number of amidine groups is 1. The second kappa shape index (κ2) is 7.86. The number of ether oxygens (including phenoxy) is 2. The van der Waals surface area contributed by atoms with Crippen molar-refractivity contribution in [2.24, 2.45) is 10.9 Å². The summed E-state index contributed by atoms with van der Waals surface area (Å²) >= 11 is 1.10. The fourth-order valence-corrected chi connectivity index (χ4v) is 4.55. The lowest BCUT2D eigenvalue weighted by Gasteiger charge is -2.45. The van der Waals surface area contributed by atoms with Crippen molar-refractivity contribution in [1.82, 2.24) is 5.32 Å². The Kier molecular flexibility index (Phi) is 5.81. The van der Waals surface area contributed by atoms with Crippen LogP contribution < -0.4 is 5.32 Å². The van der Waals surface area contributed by atoms with Gasteiger partial charge in [-0.3, -0.25) is 15.4 Å². The zero-order valence-electron chi connectivity index (χ0n) is 16.1. The van der Waals surface area contributed by atoms with Crippen molar-refractivity contribution < 1.29 is 28.0 Å². The lowest BCUT2D eigenvalue weighted by atomic mass is 9.75. The Morgan fingerprint density at radius 2 is 2.21 bits per heavy atom. The Balaban J connectivity index is 2.04. The number of nitro benzene ring substituents is 1. The van der Waals surface area contributed by atoms with Gasteiger partial charge in [-0.1, -0.05) is 11.8 Å². The van der Waals surface area contributed by atoms with Crippen LogP contribution in [0.4, 0.5) is 19.3 Å². The number of hydrogen-bond donors (Lipinski definition) is 1. The molecule has 11 heteroatoms. The minimum atomic E-state index is -1.54. The van der Waals surface area contributed by atoms with E-state index in [-0.39, 0.29) is 35.4 Å². The predicted molar refractivity (Wildman–Crippen MR) is 103 cm³/mol. The van der Waals surface area contributed by atoms with Crippen LogP contribution in [0.3, 0.4) is 0 Å². The van der Waals surface area contributed by atoms with E-state index < -0.39 is 40.1 Å². The molecule has 1 N–H and O–H groups in total. The fraction of sp³-hybridized carbons (Fsp3) is 0.556. The summed E-state index contributed by atoms with van der Waals surface area (Å²) in [5.41, 5.74) is -2.76. The minimum Gasteiger partial charge on any atom is -0.444 e. The van der Waals surface area contributed by atoms with Gasteiger partial charge in [-0.15, -0.1) is 0 Å². The van der Waals surface area contributed by atoms with Crippen LogP contribution in [0.25, 0.3) is 0 Å². The number of halogens is 2. The summed E-state index contributed by atoms with van der Waals surface area (Å²) in [4.78, 5) is 27.0. The third-order valence-corrected chi connectivity index (χ3v) is 5.58. The molecule has 0 spiro atoms. The first-order chi connectivity index (χ1) is 13.5. The van der Waals surface area contributed by atoms with E-state index in [2.05, 4.69) is 10.3 Å². The number of aliphatic imine (C=N–C) groups is 1. The van der Waals surface area contributed by atoms with Crippen LogP contribution in [0.2, 0.25) is 0 Å². The summed E-state index contributed by atoms with van der Waals surface area (Å²) < 4.78 is 39.9. The Bertz CT molecular complexity index is 860. The first-order valence-electron chi connectivity index (χ1n) is 8.91. The number of amides is 1. The molecule has 1 unspecified atom stereocenters. The SMILES string of the molecule is CC(C)(C)OC(=O)NC1=NC2(c3cc([N+](=O)[O-])ccc3F)COC[C@@H](F)[C@H]2CS1. The van der Waals surface area contributed by atoms with Crippen LogP contribution in [0.5, 0.6) is 0 Å². The van der Waals surface area contributed by atoms with E-state index in [1.54, 1.807) is 20.8 Å². The molecular formula is C18H21F2N3O5S. The van der Waals surface area contributed by atoms with Crippen molar-refractivity contribution in [3.63, 3.8) is 0 Å². The molecule has 29 heavy (non-hydrogen) atoms. The maximum Gasteiger partial charge on any atom is 0.413 e. The van der Waals surface area contributed by atoms with Crippen molar-refractivity contribution in [3.05, 3.63) is 39.7 Å². The topological polar surface area (TPSA) is 103 Å². The highest BCUT2D eigenvalue weighted by molar-refractivity contribution is 8.13. The molecule has 8 nitrogen and oxygen atoms in total. The van der Waals surface area contributed by atoms with Crippen LogP contribution in [0.15, 0.2) is 23.2 Å². The van der Waals surface area contributed by atoms with Crippen molar-refractivity contribution in [2.45, 2.75) is 38.1 Å². The van der Waals surface area contributed by atoms with Crippen LogP contribution in [-0.4, -0.2) is 46.9 Å². The zero-order chi connectivity index (χ0) is 21.4. The normalized spacial score (nSPS) is 26.9. The van der Waals surface area contributed by atoms with Gasteiger partial charge in [-0.2, -0.15) is 0 Å². The predicted octanol–water partition coefficient (Wildman–Crippen LogP) is 3.54. The average molecular weight is 429 g/mol. The summed E-state index contributed by atoms with van der Waals surface area (Å²) in [6, 6.07) is 3.04. The molecule has 3 atom stereocenters. The lowest BCUT2D eigenvalue weighted by Crippen LogP contribution is -2.54. The molecule has 0 radical (unpaired) electrons. The van der Waals surface area contributed by atoms with Gasteiger partial charge in [0.15, 0.2) is 5.17 Å². The highest BCUT2D eigenvalue weighted by Crippen LogP contribution is 2.47. The van der Waals surface area contributed by atoms with Gasteiger partial charge in [0.2, 0.25) is 0 Å². The highest BCUT2D eigenvalue weighted by Gasteiger charge is 2.52. The number of carbonyl (C=O) groups excluding carboxylic acids is 1. The fourth-order valence-electron chi connectivity index (χ4n) is 3.34. The van der Waals surface area contributed by atoms with E-state index >= 15 is 0 Å². The molecule has 0 aromatic heterocycles. The molecule has 3 rings (SSSR count). The van der Waals surface area contributed by atoms with Crippen LogP contribution in [0, 0.1) is 21.8 Å². The van der Waals surface area contributed by atoms with Gasteiger partial charge in [-0.05, 0) is 26.8 Å². The molecule has 2 aliphatic heterocycles. The number of nitro groups is 1. The molecule has 1 saturated heterocycles. The average Bonchev–Trinajstić information content (AvgIpc) is 2.60. The van der Waals surface area contributed by atoms with Crippen LogP contribution >= 0.6 is 11.8 Å². The van der Waals surface area contributed by atoms with Crippen LogP contribution in [-0.2, 0) is 15.0 Å². The summed E-state index contributed by atoms with van der Waals surface area (Å²) in [5.74, 6) is -1.35. The maximum atomic E-state index is 14.7. The second-order valence-corrected chi connectivity index (χ2v) is 8.85. The first kappa shape index (κ1) is 21.4. The third-order valence-electron chi connectivity index (χ3n) is 4.58. The Labute approximate surface area is 170 Å². The number of carbonyl (C=O) groups is 1. The molecule has 1 aromatic carbocycles. The number of nitrogens with zero attached hydrogens (tertiary/aromatic N) is 2.